The van der Waals surface area contributed by atoms with Crippen LogP contribution >= 0.6 is 23.4 Å². The lowest BCUT2D eigenvalue weighted by Crippen LogP contribution is -2.32. The van der Waals surface area contributed by atoms with Crippen LogP contribution in [0.1, 0.15) is 16.7 Å². The van der Waals surface area contributed by atoms with E-state index in [1.165, 1.54) is 0 Å². The molecule has 0 spiro atoms. The average molecular weight is 456 g/mol. The number of halogens is 3. The Balaban J connectivity index is 1.87. The smallest absolute Gasteiger partial charge is 0.268 e. The minimum absolute atomic E-state index is 0.169. The molecule has 0 aromatic heterocycles. The zero-order valence-corrected chi connectivity index (χ0v) is 18.2. The summed E-state index contributed by atoms with van der Waals surface area (Å²) in [4.78, 5) is 28.4. The van der Waals surface area contributed by atoms with Crippen molar-refractivity contribution in [2.45, 2.75) is 18.7 Å². The highest BCUT2D eigenvalue weighted by Gasteiger charge is 2.42. The maximum absolute atomic E-state index is 14.5. The largest absolute Gasteiger partial charge is 0.273 e. The van der Waals surface area contributed by atoms with Gasteiger partial charge in [0.1, 0.15) is 11.6 Å². The summed E-state index contributed by atoms with van der Waals surface area (Å²) in [6.07, 6.45) is 0. The first-order chi connectivity index (χ1) is 14.8. The number of aryl methyl sites for hydroxylation is 2. The third-order valence-electron chi connectivity index (χ3n) is 4.88. The van der Waals surface area contributed by atoms with Crippen molar-refractivity contribution in [3.05, 3.63) is 98.9 Å². The summed E-state index contributed by atoms with van der Waals surface area (Å²) < 4.78 is 27.9. The van der Waals surface area contributed by atoms with E-state index in [0.29, 0.717) is 21.5 Å². The van der Waals surface area contributed by atoms with E-state index in [1.54, 1.807) is 30.3 Å². The highest BCUT2D eigenvalue weighted by atomic mass is 35.5. The minimum atomic E-state index is -0.987. The molecule has 0 N–H and O–H groups in total. The molecule has 1 heterocycles. The lowest BCUT2D eigenvalue weighted by molar-refractivity contribution is -0.119. The van der Waals surface area contributed by atoms with Crippen LogP contribution in [0.25, 0.3) is 5.57 Å². The van der Waals surface area contributed by atoms with Gasteiger partial charge in [-0.15, -0.1) is 0 Å². The van der Waals surface area contributed by atoms with Crippen LogP contribution in [-0.2, 0) is 9.59 Å². The number of carbonyl (C=O) groups is 2. The number of nitrogens with zero attached hydrogens (tertiary/aromatic N) is 1. The van der Waals surface area contributed by atoms with Crippen molar-refractivity contribution >= 4 is 46.4 Å². The predicted octanol–water partition coefficient (Wildman–Crippen LogP) is 6.31. The topological polar surface area (TPSA) is 37.4 Å². The molecule has 0 atom stereocenters. The average Bonchev–Trinajstić information content (AvgIpc) is 2.94. The van der Waals surface area contributed by atoms with E-state index in [2.05, 4.69) is 0 Å². The molecule has 0 fully saturated rings. The molecule has 3 aromatic carbocycles. The third kappa shape index (κ3) is 4.01. The summed E-state index contributed by atoms with van der Waals surface area (Å²) in [6.45, 7) is 3.77. The van der Waals surface area contributed by atoms with Gasteiger partial charge in [0.2, 0.25) is 0 Å². The normalized spacial score (nSPS) is 14.0. The van der Waals surface area contributed by atoms with Crippen molar-refractivity contribution in [2.24, 2.45) is 0 Å². The maximum Gasteiger partial charge on any atom is 0.273 e. The Morgan fingerprint density at radius 2 is 1.58 bits per heavy atom. The predicted molar refractivity (Wildman–Crippen MR) is 119 cm³/mol. The summed E-state index contributed by atoms with van der Waals surface area (Å²) in [5.41, 5.74) is 2.31. The van der Waals surface area contributed by atoms with Gasteiger partial charge in [0.05, 0.1) is 16.2 Å². The van der Waals surface area contributed by atoms with Gasteiger partial charge in [-0.05, 0) is 61.4 Å². The molecule has 156 valence electrons. The molecule has 3 nitrogen and oxygen atoms in total. The van der Waals surface area contributed by atoms with Crippen LogP contribution in [0.5, 0.6) is 0 Å². The zero-order valence-electron chi connectivity index (χ0n) is 16.6. The van der Waals surface area contributed by atoms with Gasteiger partial charge in [0.15, 0.2) is 0 Å². The number of anilines is 1. The van der Waals surface area contributed by atoms with Crippen LogP contribution in [0.3, 0.4) is 0 Å². The fourth-order valence-electron chi connectivity index (χ4n) is 3.44. The lowest BCUT2D eigenvalue weighted by atomic mass is 9.99. The number of imide groups is 1. The Morgan fingerprint density at radius 1 is 0.871 bits per heavy atom. The van der Waals surface area contributed by atoms with Crippen LogP contribution in [-0.4, -0.2) is 11.8 Å². The summed E-state index contributed by atoms with van der Waals surface area (Å²) >= 11 is 7.06. The maximum atomic E-state index is 14.5. The summed E-state index contributed by atoms with van der Waals surface area (Å²) in [5.74, 6) is -3.09. The number of rotatable bonds is 4. The molecule has 1 aliphatic rings. The van der Waals surface area contributed by atoms with Gasteiger partial charge in [-0.1, -0.05) is 47.1 Å². The molecule has 31 heavy (non-hydrogen) atoms. The first-order valence-corrected chi connectivity index (χ1v) is 10.5. The molecule has 0 bridgehead atoms. The van der Waals surface area contributed by atoms with Crippen LogP contribution in [0.2, 0.25) is 5.02 Å². The molecule has 0 radical (unpaired) electrons. The Hall–Kier alpha value is -2.96. The molecule has 1 aliphatic heterocycles. The molecule has 0 aliphatic carbocycles. The first kappa shape index (κ1) is 21.3. The van der Waals surface area contributed by atoms with E-state index < -0.39 is 23.4 Å². The fourth-order valence-corrected chi connectivity index (χ4v) is 4.55. The number of thioether (sulfide) groups is 1. The summed E-state index contributed by atoms with van der Waals surface area (Å²) in [5, 5.41) is 0.539. The number of amides is 2. The standard InChI is InChI=1S/C24H16ClF2NO2S/c1-13-3-9-18(14(2)11-13)21-22(31-17-7-4-15(25)5-8-17)24(30)28(23(21)29)20-10-6-16(26)12-19(20)27/h3-12H,1-2H3. The zero-order chi connectivity index (χ0) is 22.3. The minimum Gasteiger partial charge on any atom is -0.268 e. The molecule has 2 amide bonds. The van der Waals surface area contributed by atoms with E-state index in [9.17, 15) is 18.4 Å². The molecule has 0 saturated heterocycles. The van der Waals surface area contributed by atoms with E-state index in [4.69, 9.17) is 11.6 Å². The van der Waals surface area contributed by atoms with E-state index in [-0.39, 0.29) is 16.2 Å². The molecule has 0 saturated carbocycles. The number of carbonyl (C=O) groups excluding carboxylic acids is 2. The second-order valence-corrected chi connectivity index (χ2v) is 8.64. The van der Waals surface area contributed by atoms with Crippen molar-refractivity contribution in [3.8, 4) is 0 Å². The van der Waals surface area contributed by atoms with Crippen LogP contribution in [0, 0.1) is 25.5 Å². The van der Waals surface area contributed by atoms with Gasteiger partial charge < -0.3 is 0 Å². The van der Waals surface area contributed by atoms with Crippen molar-refractivity contribution in [1.29, 1.82) is 0 Å². The van der Waals surface area contributed by atoms with Crippen molar-refractivity contribution in [2.75, 3.05) is 4.90 Å². The van der Waals surface area contributed by atoms with Crippen LogP contribution < -0.4 is 4.90 Å². The number of hydrogen-bond acceptors (Lipinski definition) is 3. The monoisotopic (exact) mass is 455 g/mol. The fraction of sp³-hybridized carbons (Fsp3) is 0.0833. The summed E-state index contributed by atoms with van der Waals surface area (Å²) in [6, 6.07) is 15.1. The quantitative estimate of drug-likeness (QED) is 0.432. The first-order valence-electron chi connectivity index (χ1n) is 9.35. The lowest BCUT2D eigenvalue weighted by Gasteiger charge is -2.16. The van der Waals surface area contributed by atoms with Gasteiger partial charge in [-0.25, -0.2) is 13.7 Å². The molecular formula is C24H16ClF2NO2S. The molecule has 7 heteroatoms. The molecular weight excluding hydrogens is 440 g/mol. The number of hydrogen-bond donors (Lipinski definition) is 0. The SMILES string of the molecule is Cc1ccc(C2=C(Sc3ccc(Cl)cc3)C(=O)N(c3ccc(F)cc3F)C2=O)c(C)c1. The highest BCUT2D eigenvalue weighted by Crippen LogP contribution is 2.42. The Kier molecular flexibility index (Phi) is 5.69. The Bertz CT molecular complexity index is 1250. The Labute approximate surface area is 187 Å². The van der Waals surface area contributed by atoms with E-state index in [0.717, 1.165) is 39.9 Å². The van der Waals surface area contributed by atoms with Gasteiger partial charge >= 0.3 is 0 Å². The van der Waals surface area contributed by atoms with E-state index >= 15 is 0 Å². The highest BCUT2D eigenvalue weighted by molar-refractivity contribution is 8.04. The van der Waals surface area contributed by atoms with Crippen LogP contribution in [0.15, 0.2) is 70.5 Å². The van der Waals surface area contributed by atoms with Crippen molar-refractivity contribution < 1.29 is 18.4 Å². The second kappa shape index (κ2) is 8.29. The van der Waals surface area contributed by atoms with Crippen molar-refractivity contribution in [1.82, 2.24) is 0 Å². The molecule has 3 aromatic rings. The van der Waals surface area contributed by atoms with Gasteiger partial charge in [0, 0.05) is 16.0 Å². The third-order valence-corrected chi connectivity index (χ3v) is 6.22. The molecule has 0 unspecified atom stereocenters. The van der Waals surface area contributed by atoms with Gasteiger partial charge in [0.25, 0.3) is 11.8 Å². The van der Waals surface area contributed by atoms with Gasteiger partial charge in [-0.3, -0.25) is 9.59 Å². The number of benzene rings is 3. The van der Waals surface area contributed by atoms with Crippen LogP contribution in [0.4, 0.5) is 14.5 Å². The van der Waals surface area contributed by atoms with Gasteiger partial charge in [-0.2, -0.15) is 0 Å². The van der Waals surface area contributed by atoms with E-state index in [1.807, 2.05) is 26.0 Å². The van der Waals surface area contributed by atoms with Crippen molar-refractivity contribution in [3.63, 3.8) is 0 Å². The second-order valence-electron chi connectivity index (χ2n) is 7.12. The molecule has 4 rings (SSSR count). The Morgan fingerprint density at radius 3 is 2.23 bits per heavy atom. The summed E-state index contributed by atoms with van der Waals surface area (Å²) in [7, 11) is 0.